The van der Waals surface area contributed by atoms with Crippen molar-refractivity contribution in [2.24, 2.45) is 0 Å². The van der Waals surface area contributed by atoms with Gasteiger partial charge >= 0.3 is 0 Å². The van der Waals surface area contributed by atoms with Gasteiger partial charge in [0.15, 0.2) is 5.11 Å². The molecule has 2 heterocycles. The molecule has 0 amide bonds. The summed E-state index contributed by atoms with van der Waals surface area (Å²) in [7, 11) is 0. The first-order chi connectivity index (χ1) is 16.5. The number of aryl methyl sites for hydroxylation is 1. The molecule has 1 aromatic heterocycles. The fourth-order valence-corrected chi connectivity index (χ4v) is 4.53. The fourth-order valence-electron chi connectivity index (χ4n) is 4.22. The number of nitrogens with one attached hydrogen (secondary N) is 1. The Morgan fingerprint density at radius 2 is 1.79 bits per heavy atom. The largest absolute Gasteiger partial charge is 0.351 e. The number of rotatable bonds is 5. The first-order valence-electron chi connectivity index (χ1n) is 11.0. The zero-order chi connectivity index (χ0) is 23.7. The number of benzene rings is 3. The quantitative estimate of drug-likeness (QED) is 0.359. The summed E-state index contributed by atoms with van der Waals surface area (Å²) in [6, 6.07) is 24.3. The van der Waals surface area contributed by atoms with Crippen LogP contribution in [0.15, 0.2) is 89.1 Å². The van der Waals surface area contributed by atoms with Crippen LogP contribution >= 0.6 is 12.2 Å². The van der Waals surface area contributed by atoms with Crippen molar-refractivity contribution in [1.82, 2.24) is 20.4 Å². The van der Waals surface area contributed by atoms with E-state index in [-0.39, 0.29) is 11.9 Å². The molecule has 1 atom stereocenters. The number of allylic oxidation sites excluding steroid dienone is 1. The van der Waals surface area contributed by atoms with Gasteiger partial charge in [-0.3, -0.25) is 0 Å². The van der Waals surface area contributed by atoms with Gasteiger partial charge in [-0.1, -0.05) is 77.5 Å². The summed E-state index contributed by atoms with van der Waals surface area (Å²) >= 11 is 5.78. The minimum absolute atomic E-state index is 0.261. The number of nitrogens with zero attached hydrogens (tertiary/aromatic N) is 3. The van der Waals surface area contributed by atoms with E-state index in [1.807, 2.05) is 48.2 Å². The molecule has 1 aliphatic rings. The van der Waals surface area contributed by atoms with Gasteiger partial charge in [0, 0.05) is 17.8 Å². The SMILES string of the molecule is CC1=C(c2nc(-c3cccc(F)c3)no2)C(c2ccccc2)NC(=S)N1Cc1cccc(C)c1. The Bertz CT molecular complexity index is 1380. The van der Waals surface area contributed by atoms with Gasteiger partial charge in [0.25, 0.3) is 5.89 Å². The molecule has 0 saturated carbocycles. The summed E-state index contributed by atoms with van der Waals surface area (Å²) in [6.07, 6.45) is 0. The second-order valence-corrected chi connectivity index (χ2v) is 8.69. The van der Waals surface area contributed by atoms with Gasteiger partial charge in [0.2, 0.25) is 5.82 Å². The second-order valence-electron chi connectivity index (χ2n) is 8.30. The summed E-state index contributed by atoms with van der Waals surface area (Å²) in [5.74, 6) is 0.352. The molecule has 0 saturated heterocycles. The molecule has 0 aliphatic carbocycles. The molecule has 4 aromatic rings. The minimum atomic E-state index is -0.351. The molecular formula is C27H23FN4OS. The van der Waals surface area contributed by atoms with Crippen molar-refractivity contribution in [2.45, 2.75) is 26.4 Å². The van der Waals surface area contributed by atoms with Crippen LogP contribution in [0.3, 0.4) is 0 Å². The Balaban J connectivity index is 1.60. The number of hydrogen-bond acceptors (Lipinski definition) is 4. The van der Waals surface area contributed by atoms with Crippen molar-refractivity contribution < 1.29 is 8.91 Å². The van der Waals surface area contributed by atoms with Crippen LogP contribution < -0.4 is 5.32 Å². The maximum Gasteiger partial charge on any atom is 0.258 e. The van der Waals surface area contributed by atoms with Crippen molar-refractivity contribution in [3.05, 3.63) is 113 Å². The summed E-state index contributed by atoms with van der Waals surface area (Å²) in [6.45, 7) is 4.69. The van der Waals surface area contributed by atoms with Crippen molar-refractivity contribution in [3.8, 4) is 11.4 Å². The third-order valence-corrected chi connectivity index (χ3v) is 6.23. The third-order valence-electron chi connectivity index (χ3n) is 5.89. The Labute approximate surface area is 202 Å². The van der Waals surface area contributed by atoms with Gasteiger partial charge in [-0.05, 0) is 49.3 Å². The maximum atomic E-state index is 13.8. The van der Waals surface area contributed by atoms with Crippen LogP contribution in [-0.2, 0) is 6.54 Å². The van der Waals surface area contributed by atoms with E-state index >= 15 is 0 Å². The second kappa shape index (κ2) is 9.19. The molecule has 5 nitrogen and oxygen atoms in total. The van der Waals surface area contributed by atoms with Crippen LogP contribution in [-0.4, -0.2) is 20.2 Å². The van der Waals surface area contributed by atoms with Crippen LogP contribution in [0, 0.1) is 12.7 Å². The Morgan fingerprint density at radius 1 is 1.00 bits per heavy atom. The van der Waals surface area contributed by atoms with Crippen molar-refractivity contribution in [2.75, 3.05) is 0 Å². The molecule has 0 fully saturated rings. The molecule has 1 aliphatic heterocycles. The highest BCUT2D eigenvalue weighted by Crippen LogP contribution is 2.38. The van der Waals surface area contributed by atoms with E-state index in [9.17, 15) is 4.39 Å². The minimum Gasteiger partial charge on any atom is -0.351 e. The monoisotopic (exact) mass is 470 g/mol. The lowest BCUT2D eigenvalue weighted by atomic mass is 9.94. The maximum absolute atomic E-state index is 13.8. The van der Waals surface area contributed by atoms with Crippen molar-refractivity contribution in [1.29, 1.82) is 0 Å². The van der Waals surface area contributed by atoms with E-state index in [2.05, 4.69) is 40.6 Å². The molecule has 5 rings (SSSR count). The van der Waals surface area contributed by atoms with Gasteiger partial charge < -0.3 is 14.7 Å². The van der Waals surface area contributed by atoms with Crippen LogP contribution in [0.1, 0.15) is 35.5 Å². The molecule has 3 aromatic carbocycles. The lowest BCUT2D eigenvalue weighted by Gasteiger charge is -2.37. The average Bonchev–Trinajstić information content (AvgIpc) is 3.32. The standard InChI is InChI=1S/C27H23FN4OS/c1-17-8-6-9-19(14-17)16-32-18(2)23(24(29-27(32)34)20-10-4-3-5-11-20)26-30-25(31-33-26)21-12-7-13-22(28)15-21/h3-15,24H,16H2,1-2H3,(H,29,34). The van der Waals surface area contributed by atoms with Crippen LogP contribution in [0.4, 0.5) is 4.39 Å². The van der Waals surface area contributed by atoms with Crippen LogP contribution in [0.25, 0.3) is 17.0 Å². The van der Waals surface area contributed by atoms with E-state index in [1.165, 1.54) is 17.7 Å². The van der Waals surface area contributed by atoms with Crippen LogP contribution in [0.5, 0.6) is 0 Å². The summed E-state index contributed by atoms with van der Waals surface area (Å²) in [4.78, 5) is 6.69. The molecule has 1 N–H and O–H groups in total. The number of thiocarbonyl (C=S) groups is 1. The smallest absolute Gasteiger partial charge is 0.258 e. The van der Waals surface area contributed by atoms with Gasteiger partial charge in [-0.2, -0.15) is 4.98 Å². The lowest BCUT2D eigenvalue weighted by Crippen LogP contribution is -2.45. The van der Waals surface area contributed by atoms with E-state index in [0.29, 0.717) is 28.9 Å². The molecular weight excluding hydrogens is 447 g/mol. The van der Waals surface area contributed by atoms with Crippen LogP contribution in [0.2, 0.25) is 0 Å². The van der Waals surface area contributed by atoms with Gasteiger partial charge in [-0.15, -0.1) is 0 Å². The molecule has 7 heteroatoms. The number of halogens is 1. The van der Waals surface area contributed by atoms with Gasteiger partial charge in [0.05, 0.1) is 11.6 Å². The molecule has 1 unspecified atom stereocenters. The van der Waals surface area contributed by atoms with E-state index in [1.54, 1.807) is 12.1 Å². The third kappa shape index (κ3) is 4.34. The molecule has 0 spiro atoms. The van der Waals surface area contributed by atoms with E-state index < -0.39 is 0 Å². The van der Waals surface area contributed by atoms with Gasteiger partial charge in [-0.25, -0.2) is 4.39 Å². The highest BCUT2D eigenvalue weighted by atomic mass is 32.1. The normalized spacial score (nSPS) is 16.0. The fraction of sp³-hybridized carbons (Fsp3) is 0.148. The predicted octanol–water partition coefficient (Wildman–Crippen LogP) is 6.05. The number of aromatic nitrogens is 2. The Hall–Kier alpha value is -3.84. The molecule has 0 radical (unpaired) electrons. The topological polar surface area (TPSA) is 54.2 Å². The van der Waals surface area contributed by atoms with Crippen molar-refractivity contribution >= 4 is 22.9 Å². The summed E-state index contributed by atoms with van der Waals surface area (Å²) < 4.78 is 19.5. The lowest BCUT2D eigenvalue weighted by molar-refractivity contribution is 0.396. The Morgan fingerprint density at radius 3 is 2.56 bits per heavy atom. The molecule has 34 heavy (non-hydrogen) atoms. The van der Waals surface area contributed by atoms with Gasteiger partial charge in [0.1, 0.15) is 5.82 Å². The van der Waals surface area contributed by atoms with E-state index in [0.717, 1.165) is 22.4 Å². The summed E-state index contributed by atoms with van der Waals surface area (Å²) in [5, 5.41) is 8.23. The first kappa shape index (κ1) is 22.0. The average molecular weight is 471 g/mol. The zero-order valence-corrected chi connectivity index (χ0v) is 19.6. The Kier molecular flexibility index (Phi) is 5.94. The summed E-state index contributed by atoms with van der Waals surface area (Å²) in [5.41, 5.74) is 5.68. The predicted molar refractivity (Wildman–Crippen MR) is 134 cm³/mol. The highest BCUT2D eigenvalue weighted by Gasteiger charge is 2.34. The van der Waals surface area contributed by atoms with Crippen molar-refractivity contribution in [3.63, 3.8) is 0 Å². The molecule has 0 bridgehead atoms. The molecule has 170 valence electrons. The zero-order valence-electron chi connectivity index (χ0n) is 18.8. The highest BCUT2D eigenvalue weighted by molar-refractivity contribution is 7.80. The number of hydrogen-bond donors (Lipinski definition) is 1. The first-order valence-corrected chi connectivity index (χ1v) is 11.4. The van der Waals surface area contributed by atoms with E-state index in [4.69, 9.17) is 16.7 Å².